The Hall–Kier alpha value is -3.31. The van der Waals surface area contributed by atoms with Crippen molar-refractivity contribution in [3.8, 4) is 5.69 Å². The van der Waals surface area contributed by atoms with Crippen LogP contribution in [0.3, 0.4) is 0 Å². The molecule has 5 rings (SSSR count). The second-order valence-corrected chi connectivity index (χ2v) is 9.95. The van der Waals surface area contributed by atoms with Gasteiger partial charge in [-0.25, -0.2) is 18.9 Å². The number of hydrogen-bond donors (Lipinski definition) is 2. The zero-order valence-corrected chi connectivity index (χ0v) is 20.1. The van der Waals surface area contributed by atoms with Gasteiger partial charge in [0.2, 0.25) is 0 Å². The maximum Gasteiger partial charge on any atom is 0.407 e. The van der Waals surface area contributed by atoms with Crippen LogP contribution in [0.15, 0.2) is 41.6 Å². The van der Waals surface area contributed by atoms with Crippen LogP contribution in [0, 0.1) is 5.82 Å². The van der Waals surface area contributed by atoms with Crippen molar-refractivity contribution in [3.63, 3.8) is 0 Å². The summed E-state index contributed by atoms with van der Waals surface area (Å²) in [4.78, 5) is 33.3. The van der Waals surface area contributed by atoms with E-state index in [0.717, 1.165) is 26.1 Å². The van der Waals surface area contributed by atoms with Gasteiger partial charge >= 0.3 is 6.09 Å². The minimum atomic E-state index is -1.23. The molecule has 11 heteroatoms. The molecule has 3 aromatic rings. The van der Waals surface area contributed by atoms with Gasteiger partial charge in [0.05, 0.1) is 24.0 Å². The summed E-state index contributed by atoms with van der Waals surface area (Å²) >= 11 is 0. The molecule has 1 amide bonds. The first kappa shape index (κ1) is 24.4. The predicted octanol–water partition coefficient (Wildman–Crippen LogP) is 2.47. The fourth-order valence-electron chi connectivity index (χ4n) is 5.52. The Kier molecular flexibility index (Phi) is 6.76. The van der Waals surface area contributed by atoms with Crippen LogP contribution in [0.1, 0.15) is 38.5 Å². The van der Waals surface area contributed by atoms with Gasteiger partial charge < -0.3 is 20.0 Å². The number of aliphatic hydroxyl groups is 1. The van der Waals surface area contributed by atoms with E-state index in [4.69, 9.17) is 0 Å². The predicted molar refractivity (Wildman–Crippen MR) is 131 cm³/mol. The van der Waals surface area contributed by atoms with Crippen LogP contribution >= 0.6 is 0 Å². The molecule has 10 nitrogen and oxygen atoms in total. The Balaban J connectivity index is 1.32. The molecule has 0 bridgehead atoms. The Labute approximate surface area is 207 Å². The lowest BCUT2D eigenvalue weighted by Crippen LogP contribution is -2.54. The molecule has 1 aromatic carbocycles. The SMILES string of the molecule is O=C(O)N1CCC(O)(Cn2cnc3c(cnn3-c3ccc(F)cc3)c2=O)CC1CCCN1CCCC1. The van der Waals surface area contributed by atoms with Gasteiger partial charge in [0.25, 0.3) is 5.56 Å². The summed E-state index contributed by atoms with van der Waals surface area (Å²) < 4.78 is 16.1. The molecule has 2 aliphatic heterocycles. The van der Waals surface area contributed by atoms with Crippen molar-refractivity contribution in [1.29, 1.82) is 0 Å². The Morgan fingerprint density at radius 2 is 1.92 bits per heavy atom. The van der Waals surface area contributed by atoms with E-state index in [1.807, 2.05) is 0 Å². The largest absolute Gasteiger partial charge is 0.465 e. The number of halogens is 1. The Bertz CT molecular complexity index is 1290. The van der Waals surface area contributed by atoms with Crippen molar-refractivity contribution < 1.29 is 19.4 Å². The minimum absolute atomic E-state index is 0.0204. The van der Waals surface area contributed by atoms with E-state index in [1.54, 1.807) is 12.1 Å². The number of amides is 1. The lowest BCUT2D eigenvalue weighted by atomic mass is 9.84. The van der Waals surface area contributed by atoms with Gasteiger partial charge in [0.15, 0.2) is 5.65 Å². The first-order valence-electron chi connectivity index (χ1n) is 12.5. The van der Waals surface area contributed by atoms with Crippen LogP contribution in [-0.4, -0.2) is 83.3 Å². The average Bonchev–Trinajstić information content (AvgIpc) is 3.52. The third-order valence-electron chi connectivity index (χ3n) is 7.42. The van der Waals surface area contributed by atoms with E-state index >= 15 is 0 Å². The molecule has 192 valence electrons. The number of carboxylic acid groups (broad SMARTS) is 1. The molecule has 0 spiro atoms. The van der Waals surface area contributed by atoms with Crippen LogP contribution in [-0.2, 0) is 6.54 Å². The zero-order chi connectivity index (χ0) is 25.3. The Morgan fingerprint density at radius 3 is 2.64 bits per heavy atom. The average molecular weight is 499 g/mol. The van der Waals surface area contributed by atoms with Gasteiger partial charge in [-0.3, -0.25) is 9.36 Å². The summed E-state index contributed by atoms with van der Waals surface area (Å²) in [7, 11) is 0. The molecule has 2 N–H and O–H groups in total. The van der Waals surface area contributed by atoms with Crippen LogP contribution in [0.25, 0.3) is 16.7 Å². The van der Waals surface area contributed by atoms with Gasteiger partial charge in [0.1, 0.15) is 17.5 Å². The molecular weight excluding hydrogens is 467 g/mol. The standard InChI is InChI=1S/C25H31FN6O4/c26-18-5-7-19(8-6-18)32-22-21(15-28-32)23(33)30(17-27-22)16-25(36)9-13-31(24(34)35)20(14-25)4-3-12-29-10-1-2-11-29/h5-8,15,17,20,36H,1-4,9-14,16H2,(H,34,35). The first-order chi connectivity index (χ1) is 17.3. The minimum Gasteiger partial charge on any atom is -0.465 e. The molecule has 0 radical (unpaired) electrons. The zero-order valence-electron chi connectivity index (χ0n) is 20.1. The molecular formula is C25H31FN6O4. The molecule has 2 atom stereocenters. The van der Waals surface area contributed by atoms with Crippen LogP contribution in [0.2, 0.25) is 0 Å². The highest BCUT2D eigenvalue weighted by Crippen LogP contribution is 2.31. The molecule has 4 heterocycles. The van der Waals surface area contributed by atoms with Crippen LogP contribution in [0.4, 0.5) is 9.18 Å². The lowest BCUT2D eigenvalue weighted by Gasteiger charge is -2.43. The van der Waals surface area contributed by atoms with E-state index in [0.29, 0.717) is 17.8 Å². The summed E-state index contributed by atoms with van der Waals surface area (Å²) in [5.74, 6) is -0.373. The third-order valence-corrected chi connectivity index (χ3v) is 7.42. The maximum atomic E-state index is 13.3. The smallest absolute Gasteiger partial charge is 0.407 e. The number of aromatic nitrogens is 4. The number of carbonyl (C=O) groups is 1. The normalized spacial score (nSPS) is 22.9. The maximum absolute atomic E-state index is 13.3. The van der Waals surface area contributed by atoms with E-state index in [-0.39, 0.29) is 48.7 Å². The quantitative estimate of drug-likeness (QED) is 0.514. The molecule has 2 aliphatic rings. The summed E-state index contributed by atoms with van der Waals surface area (Å²) in [5, 5.41) is 25.7. The highest BCUT2D eigenvalue weighted by Gasteiger charge is 2.40. The molecule has 0 aliphatic carbocycles. The summed E-state index contributed by atoms with van der Waals surface area (Å²) in [6, 6.07) is 5.42. The second-order valence-electron chi connectivity index (χ2n) is 9.95. The third kappa shape index (κ3) is 4.98. The second kappa shape index (κ2) is 9.98. The summed E-state index contributed by atoms with van der Waals surface area (Å²) in [6.45, 7) is 3.35. The van der Waals surface area contributed by atoms with Crippen LogP contribution < -0.4 is 5.56 Å². The van der Waals surface area contributed by atoms with Crippen molar-refractivity contribution in [3.05, 3.63) is 53.0 Å². The number of benzene rings is 1. The van der Waals surface area contributed by atoms with E-state index in [1.165, 1.54) is 51.6 Å². The number of hydrogen-bond acceptors (Lipinski definition) is 6. The van der Waals surface area contributed by atoms with Crippen LogP contribution in [0.5, 0.6) is 0 Å². The van der Waals surface area contributed by atoms with E-state index < -0.39 is 11.7 Å². The Morgan fingerprint density at radius 1 is 1.17 bits per heavy atom. The van der Waals surface area contributed by atoms with Gasteiger partial charge in [-0.05, 0) is 82.4 Å². The topological polar surface area (TPSA) is 117 Å². The highest BCUT2D eigenvalue weighted by atomic mass is 19.1. The van der Waals surface area contributed by atoms with E-state index in [9.17, 15) is 24.2 Å². The fraction of sp³-hybridized carbons (Fsp3) is 0.520. The fourth-order valence-corrected chi connectivity index (χ4v) is 5.52. The number of likely N-dealkylation sites (tertiary alicyclic amines) is 2. The van der Waals surface area contributed by atoms with E-state index in [2.05, 4.69) is 15.0 Å². The molecule has 0 saturated carbocycles. The van der Waals surface area contributed by atoms with Crippen molar-refractivity contribution in [1.82, 2.24) is 29.1 Å². The number of nitrogens with zero attached hydrogens (tertiary/aromatic N) is 6. The number of piperidine rings is 1. The highest BCUT2D eigenvalue weighted by molar-refractivity contribution is 5.74. The van der Waals surface area contributed by atoms with Gasteiger partial charge in [-0.15, -0.1) is 0 Å². The van der Waals surface area contributed by atoms with Crippen molar-refractivity contribution >= 4 is 17.1 Å². The molecule has 2 aromatic heterocycles. The summed E-state index contributed by atoms with van der Waals surface area (Å²) in [6.07, 6.45) is 6.28. The number of rotatable bonds is 7. The van der Waals surface area contributed by atoms with Crippen molar-refractivity contribution in [2.75, 3.05) is 26.2 Å². The molecule has 2 saturated heterocycles. The van der Waals surface area contributed by atoms with Gasteiger partial charge in [-0.1, -0.05) is 0 Å². The lowest BCUT2D eigenvalue weighted by molar-refractivity contribution is -0.0540. The van der Waals surface area contributed by atoms with Crippen molar-refractivity contribution in [2.24, 2.45) is 0 Å². The summed E-state index contributed by atoms with van der Waals surface area (Å²) in [5.41, 5.74) is -0.646. The molecule has 36 heavy (non-hydrogen) atoms. The van der Waals surface area contributed by atoms with Gasteiger partial charge in [-0.2, -0.15) is 5.10 Å². The van der Waals surface area contributed by atoms with Crippen molar-refractivity contribution in [2.45, 2.75) is 56.7 Å². The molecule has 2 fully saturated rings. The number of fused-ring (bicyclic) bond motifs is 1. The monoisotopic (exact) mass is 498 g/mol. The first-order valence-corrected chi connectivity index (χ1v) is 12.5. The van der Waals surface area contributed by atoms with Gasteiger partial charge in [0, 0.05) is 12.6 Å². The molecule has 2 unspecified atom stereocenters.